The molecule has 0 aromatic carbocycles. The molecular weight excluding hydrogens is 336 g/mol. The number of rotatable bonds is 4. The Bertz CT molecular complexity index is 751. The molecule has 3 aromatic heterocycles. The maximum atomic E-state index is 12.0. The van der Waals surface area contributed by atoms with Crippen molar-refractivity contribution in [3.63, 3.8) is 0 Å². The van der Waals surface area contributed by atoms with Gasteiger partial charge in [-0.3, -0.25) is 14.5 Å². The van der Waals surface area contributed by atoms with Gasteiger partial charge in [0.15, 0.2) is 5.69 Å². The van der Waals surface area contributed by atoms with E-state index in [-0.39, 0.29) is 5.91 Å². The molecule has 3 aromatic rings. The minimum Gasteiger partial charge on any atom is -0.320 e. The molecule has 0 saturated heterocycles. The molecule has 0 aliphatic rings. The summed E-state index contributed by atoms with van der Waals surface area (Å²) in [6, 6.07) is 5.10. The Morgan fingerprint density at radius 1 is 1.24 bits per heavy atom. The number of carbonyl (C=O) groups is 1. The Morgan fingerprint density at radius 2 is 2.05 bits per heavy atom. The Hall–Kier alpha value is -2.48. The molecule has 0 aliphatic heterocycles. The monoisotopic (exact) mass is 346 g/mol. The molecule has 1 amide bonds. The number of carbonyl (C=O) groups excluding carboxylic acids is 1. The predicted octanol–water partition coefficient (Wildman–Crippen LogP) is 2.00. The highest BCUT2D eigenvalue weighted by Crippen LogP contribution is 2.08. The van der Waals surface area contributed by atoms with E-state index in [1.54, 1.807) is 52.4 Å². The highest BCUT2D eigenvalue weighted by Gasteiger charge is 2.10. The summed E-state index contributed by atoms with van der Waals surface area (Å²) in [4.78, 5) is 15.9. The van der Waals surface area contributed by atoms with Gasteiger partial charge in [-0.2, -0.15) is 10.2 Å². The zero-order chi connectivity index (χ0) is 14.7. The van der Waals surface area contributed by atoms with Crippen LogP contribution in [-0.4, -0.2) is 30.5 Å². The molecule has 1 N–H and O–H groups in total. The third kappa shape index (κ3) is 3.34. The van der Waals surface area contributed by atoms with Gasteiger partial charge in [0.05, 0.1) is 10.7 Å². The van der Waals surface area contributed by atoms with E-state index in [2.05, 4.69) is 36.4 Å². The molecule has 3 heterocycles. The van der Waals surface area contributed by atoms with Gasteiger partial charge in [0.25, 0.3) is 5.91 Å². The molecule has 3 rings (SSSR count). The number of aromatic nitrogens is 5. The maximum Gasteiger partial charge on any atom is 0.276 e. The molecule has 106 valence electrons. The number of hydrogen-bond donors (Lipinski definition) is 1. The number of amides is 1. The van der Waals surface area contributed by atoms with Gasteiger partial charge in [0, 0.05) is 30.5 Å². The Morgan fingerprint density at radius 3 is 2.76 bits per heavy atom. The number of nitrogens with zero attached hydrogens (tertiary/aromatic N) is 5. The number of hydrogen-bond acceptors (Lipinski definition) is 4. The van der Waals surface area contributed by atoms with E-state index in [1.165, 1.54) is 0 Å². The number of nitrogens with one attached hydrogen (secondary N) is 1. The molecule has 7 nitrogen and oxygen atoms in total. The van der Waals surface area contributed by atoms with E-state index >= 15 is 0 Å². The molecule has 0 fully saturated rings. The summed E-state index contributed by atoms with van der Waals surface area (Å²) in [5, 5.41) is 11.1. The summed E-state index contributed by atoms with van der Waals surface area (Å²) in [6.45, 7) is 0.439. The SMILES string of the molecule is O=C(Nc1ccncc1)c1ccn(Cn2cc(Br)cn2)n1. The van der Waals surface area contributed by atoms with Gasteiger partial charge in [-0.15, -0.1) is 0 Å². The zero-order valence-corrected chi connectivity index (χ0v) is 12.4. The molecule has 0 spiro atoms. The van der Waals surface area contributed by atoms with Crippen LogP contribution in [0, 0.1) is 0 Å². The van der Waals surface area contributed by atoms with Gasteiger partial charge in [0.2, 0.25) is 0 Å². The van der Waals surface area contributed by atoms with Crippen LogP contribution in [0.25, 0.3) is 0 Å². The van der Waals surface area contributed by atoms with Crippen LogP contribution in [0.4, 0.5) is 5.69 Å². The van der Waals surface area contributed by atoms with Crippen molar-refractivity contribution in [2.75, 3.05) is 5.32 Å². The molecule has 0 unspecified atom stereocenters. The van der Waals surface area contributed by atoms with Crippen LogP contribution in [0.3, 0.4) is 0 Å². The van der Waals surface area contributed by atoms with Gasteiger partial charge >= 0.3 is 0 Å². The quantitative estimate of drug-likeness (QED) is 0.783. The molecule has 0 aliphatic carbocycles. The molecule has 0 bridgehead atoms. The second-order valence-electron chi connectivity index (χ2n) is 4.27. The first-order valence-corrected chi connectivity index (χ1v) is 6.93. The summed E-state index contributed by atoms with van der Waals surface area (Å²) in [5.74, 6) is -0.262. The molecule has 8 heteroatoms. The normalized spacial score (nSPS) is 10.5. The minimum absolute atomic E-state index is 0.262. The zero-order valence-electron chi connectivity index (χ0n) is 10.8. The first kappa shape index (κ1) is 13.5. The lowest BCUT2D eigenvalue weighted by molar-refractivity contribution is 0.102. The summed E-state index contributed by atoms with van der Waals surface area (Å²) in [6.07, 6.45) is 8.49. The molecule has 21 heavy (non-hydrogen) atoms. The smallest absolute Gasteiger partial charge is 0.276 e. The Kier molecular flexibility index (Phi) is 3.78. The van der Waals surface area contributed by atoms with E-state index in [0.717, 1.165) is 4.47 Å². The van der Waals surface area contributed by atoms with Crippen molar-refractivity contribution in [2.45, 2.75) is 6.67 Å². The van der Waals surface area contributed by atoms with Crippen molar-refractivity contribution in [1.82, 2.24) is 24.5 Å². The Labute approximate surface area is 128 Å². The van der Waals surface area contributed by atoms with Crippen LogP contribution in [-0.2, 0) is 6.67 Å². The standard InChI is InChI=1S/C13H11BrN6O/c14-10-7-16-20(8-10)9-19-6-3-12(18-19)13(21)17-11-1-4-15-5-2-11/h1-8H,9H2,(H,15,17,21). The van der Waals surface area contributed by atoms with E-state index in [9.17, 15) is 4.79 Å². The summed E-state index contributed by atoms with van der Waals surface area (Å²) in [7, 11) is 0. The average molecular weight is 347 g/mol. The molecular formula is C13H11BrN6O. The van der Waals surface area contributed by atoms with Gasteiger partial charge in [-0.1, -0.05) is 0 Å². The van der Waals surface area contributed by atoms with Crippen molar-refractivity contribution in [2.24, 2.45) is 0 Å². The van der Waals surface area contributed by atoms with E-state index in [1.807, 2.05) is 6.20 Å². The van der Waals surface area contributed by atoms with E-state index in [4.69, 9.17) is 0 Å². The highest BCUT2D eigenvalue weighted by atomic mass is 79.9. The molecule has 0 radical (unpaired) electrons. The van der Waals surface area contributed by atoms with Crippen molar-refractivity contribution in [3.05, 3.63) is 59.3 Å². The van der Waals surface area contributed by atoms with Crippen molar-refractivity contribution >= 4 is 27.5 Å². The van der Waals surface area contributed by atoms with E-state index in [0.29, 0.717) is 18.1 Å². The predicted molar refractivity (Wildman–Crippen MR) is 79.7 cm³/mol. The highest BCUT2D eigenvalue weighted by molar-refractivity contribution is 9.10. The lowest BCUT2D eigenvalue weighted by Gasteiger charge is -2.03. The van der Waals surface area contributed by atoms with Crippen LogP contribution in [0.15, 0.2) is 53.7 Å². The van der Waals surface area contributed by atoms with Crippen molar-refractivity contribution in [3.8, 4) is 0 Å². The molecule has 0 saturated carbocycles. The summed E-state index contributed by atoms with van der Waals surface area (Å²) < 4.78 is 4.24. The molecule has 0 atom stereocenters. The fraction of sp³-hybridized carbons (Fsp3) is 0.0769. The minimum atomic E-state index is -0.262. The van der Waals surface area contributed by atoms with Gasteiger partial charge in [-0.05, 0) is 34.1 Å². The topological polar surface area (TPSA) is 77.6 Å². The lowest BCUT2D eigenvalue weighted by atomic mass is 10.3. The first-order chi connectivity index (χ1) is 10.2. The van der Waals surface area contributed by atoms with Gasteiger partial charge in [0.1, 0.15) is 6.67 Å². The maximum absolute atomic E-state index is 12.0. The second kappa shape index (κ2) is 5.88. The van der Waals surface area contributed by atoms with Crippen LogP contribution < -0.4 is 5.32 Å². The van der Waals surface area contributed by atoms with Crippen molar-refractivity contribution < 1.29 is 4.79 Å². The largest absolute Gasteiger partial charge is 0.320 e. The first-order valence-electron chi connectivity index (χ1n) is 6.13. The third-order valence-electron chi connectivity index (χ3n) is 2.70. The van der Waals surface area contributed by atoms with Crippen LogP contribution >= 0.6 is 15.9 Å². The van der Waals surface area contributed by atoms with Gasteiger partial charge in [-0.25, -0.2) is 4.68 Å². The Balaban J connectivity index is 1.68. The fourth-order valence-corrected chi connectivity index (χ4v) is 2.08. The summed E-state index contributed by atoms with van der Waals surface area (Å²) in [5.41, 5.74) is 1.03. The van der Waals surface area contributed by atoms with Crippen LogP contribution in [0.2, 0.25) is 0 Å². The number of anilines is 1. The van der Waals surface area contributed by atoms with Crippen LogP contribution in [0.5, 0.6) is 0 Å². The second-order valence-corrected chi connectivity index (χ2v) is 5.19. The summed E-state index contributed by atoms with van der Waals surface area (Å²) >= 11 is 3.33. The third-order valence-corrected chi connectivity index (χ3v) is 3.11. The lowest BCUT2D eigenvalue weighted by Crippen LogP contribution is -2.14. The van der Waals surface area contributed by atoms with Crippen LogP contribution in [0.1, 0.15) is 10.5 Å². The number of halogens is 1. The van der Waals surface area contributed by atoms with Gasteiger partial charge < -0.3 is 5.32 Å². The van der Waals surface area contributed by atoms with E-state index < -0.39 is 0 Å². The average Bonchev–Trinajstić information content (AvgIpc) is 3.10. The van der Waals surface area contributed by atoms with Crippen molar-refractivity contribution in [1.29, 1.82) is 0 Å². The number of pyridine rings is 1. The fourth-order valence-electron chi connectivity index (χ4n) is 1.76.